The number of aromatic nitrogens is 1. The molecule has 0 unspecified atom stereocenters. The third-order valence-corrected chi connectivity index (χ3v) is 10.00. The van der Waals surface area contributed by atoms with Crippen molar-refractivity contribution in [3.8, 4) is 16.9 Å². The molecular formula is C40H48N4O4S. The maximum Gasteiger partial charge on any atom is 0.251 e. The molecule has 0 spiro atoms. The highest BCUT2D eigenvalue weighted by atomic mass is 32.1. The molecule has 258 valence electrons. The van der Waals surface area contributed by atoms with Crippen LogP contribution in [0, 0.1) is 0 Å². The van der Waals surface area contributed by atoms with E-state index in [1.54, 1.807) is 11.3 Å². The van der Waals surface area contributed by atoms with Crippen LogP contribution in [0.15, 0.2) is 83.9 Å². The molecule has 3 aliphatic rings. The number of thiazole rings is 1. The number of carbonyl (C=O) groups excluding carboxylic acids is 1. The summed E-state index contributed by atoms with van der Waals surface area (Å²) in [5.74, 6) is 0.784. The van der Waals surface area contributed by atoms with Crippen LogP contribution in [0.1, 0.15) is 55.2 Å². The smallest absolute Gasteiger partial charge is 0.251 e. The van der Waals surface area contributed by atoms with Crippen molar-refractivity contribution in [2.45, 2.75) is 58.2 Å². The molecule has 49 heavy (non-hydrogen) atoms. The topological polar surface area (TPSA) is 76.2 Å². The fourth-order valence-electron chi connectivity index (χ4n) is 6.54. The number of hydrogen-bond acceptors (Lipinski definition) is 8. The Bertz CT molecular complexity index is 1660. The molecule has 4 aromatic rings. The van der Waals surface area contributed by atoms with Crippen molar-refractivity contribution in [3.05, 3.63) is 100 Å². The first-order valence-electron chi connectivity index (χ1n) is 17.5. The molecule has 2 saturated heterocycles. The van der Waals surface area contributed by atoms with Gasteiger partial charge in [0.1, 0.15) is 10.8 Å². The predicted octanol–water partition coefficient (Wildman–Crippen LogP) is 8.05. The maximum absolute atomic E-state index is 13.7. The summed E-state index contributed by atoms with van der Waals surface area (Å²) in [6, 6.07) is 23.4. The lowest BCUT2D eigenvalue weighted by Gasteiger charge is -2.31. The quantitative estimate of drug-likeness (QED) is 0.182. The normalized spacial score (nSPS) is 16.3. The minimum Gasteiger partial charge on any atom is -0.493 e. The lowest BCUT2D eigenvalue weighted by molar-refractivity contribution is -0.112. The first kappa shape index (κ1) is 34.8. The number of hydrogen-bond donors (Lipinski definition) is 1. The van der Waals surface area contributed by atoms with Gasteiger partial charge in [-0.15, -0.1) is 11.3 Å². The lowest BCUT2D eigenvalue weighted by atomic mass is 9.99. The summed E-state index contributed by atoms with van der Waals surface area (Å²) >= 11 is 1.65. The van der Waals surface area contributed by atoms with Crippen molar-refractivity contribution in [1.29, 1.82) is 0 Å². The Morgan fingerprint density at radius 2 is 1.80 bits per heavy atom. The Balaban J connectivity index is 0.000000765. The van der Waals surface area contributed by atoms with Crippen LogP contribution in [0.2, 0.25) is 0 Å². The Labute approximate surface area is 294 Å². The van der Waals surface area contributed by atoms with E-state index in [-0.39, 0.29) is 5.91 Å². The zero-order valence-corrected chi connectivity index (χ0v) is 29.6. The number of benzene rings is 3. The molecule has 4 heterocycles. The van der Waals surface area contributed by atoms with Gasteiger partial charge in [-0.05, 0) is 99.2 Å². The molecule has 8 nitrogen and oxygen atoms in total. The van der Waals surface area contributed by atoms with Crippen LogP contribution in [0.5, 0.6) is 5.75 Å². The average molecular weight is 681 g/mol. The number of carbonyl (C=O) groups is 1. The molecule has 0 saturated carbocycles. The van der Waals surface area contributed by atoms with Crippen molar-refractivity contribution in [2.75, 3.05) is 56.8 Å². The van der Waals surface area contributed by atoms with Crippen LogP contribution in [0.25, 0.3) is 17.2 Å². The van der Waals surface area contributed by atoms with Gasteiger partial charge in [-0.25, -0.2) is 4.98 Å². The Morgan fingerprint density at radius 3 is 2.51 bits per heavy atom. The van der Waals surface area contributed by atoms with Crippen LogP contribution < -0.4 is 15.0 Å². The summed E-state index contributed by atoms with van der Waals surface area (Å²) in [6.07, 6.45) is 9.23. The van der Waals surface area contributed by atoms with Gasteiger partial charge in [-0.3, -0.25) is 9.69 Å². The van der Waals surface area contributed by atoms with Crippen molar-refractivity contribution < 1.29 is 19.0 Å². The van der Waals surface area contributed by atoms with E-state index < -0.39 is 0 Å². The predicted molar refractivity (Wildman–Crippen MR) is 199 cm³/mol. The highest BCUT2D eigenvalue weighted by molar-refractivity contribution is 7.09. The summed E-state index contributed by atoms with van der Waals surface area (Å²) in [6.45, 7) is 8.57. The average Bonchev–Trinajstić information content (AvgIpc) is 3.87. The fourth-order valence-corrected chi connectivity index (χ4v) is 7.17. The number of rotatable bonds is 10. The van der Waals surface area contributed by atoms with E-state index in [0.717, 1.165) is 96.8 Å². The van der Waals surface area contributed by atoms with Crippen LogP contribution >= 0.6 is 11.3 Å². The molecule has 0 aliphatic carbocycles. The maximum atomic E-state index is 13.7. The van der Waals surface area contributed by atoms with E-state index >= 15 is 0 Å². The molecule has 3 aliphatic heterocycles. The Hall–Kier alpha value is -4.02. The van der Waals surface area contributed by atoms with Gasteiger partial charge in [0.25, 0.3) is 5.91 Å². The van der Waals surface area contributed by atoms with E-state index in [2.05, 4.69) is 69.6 Å². The zero-order chi connectivity index (χ0) is 33.8. The zero-order valence-electron chi connectivity index (χ0n) is 28.7. The number of amides is 1. The van der Waals surface area contributed by atoms with E-state index in [0.29, 0.717) is 25.6 Å². The second-order valence-corrected chi connectivity index (χ2v) is 13.7. The Kier molecular flexibility index (Phi) is 12.5. The van der Waals surface area contributed by atoms with Crippen molar-refractivity contribution in [1.82, 2.24) is 9.88 Å². The molecule has 0 radical (unpaired) electrons. The third-order valence-electron chi connectivity index (χ3n) is 9.23. The van der Waals surface area contributed by atoms with E-state index in [4.69, 9.17) is 14.2 Å². The molecule has 1 N–H and O–H groups in total. The summed E-state index contributed by atoms with van der Waals surface area (Å²) in [5, 5.41) is 6.22. The number of fused-ring (bicyclic) bond motifs is 1. The van der Waals surface area contributed by atoms with Crippen molar-refractivity contribution >= 4 is 34.7 Å². The van der Waals surface area contributed by atoms with Gasteiger partial charge in [0.15, 0.2) is 0 Å². The summed E-state index contributed by atoms with van der Waals surface area (Å²) in [7, 11) is 2.18. The lowest BCUT2D eigenvalue weighted by Crippen LogP contribution is -2.36. The van der Waals surface area contributed by atoms with Gasteiger partial charge in [0.2, 0.25) is 0 Å². The van der Waals surface area contributed by atoms with Crippen molar-refractivity contribution in [2.24, 2.45) is 0 Å². The first-order chi connectivity index (χ1) is 24.1. The van der Waals surface area contributed by atoms with E-state index in [1.807, 2.05) is 48.8 Å². The molecular weight excluding hydrogens is 633 g/mol. The highest BCUT2D eigenvalue weighted by Crippen LogP contribution is 2.36. The largest absolute Gasteiger partial charge is 0.493 e. The van der Waals surface area contributed by atoms with Gasteiger partial charge >= 0.3 is 0 Å². The molecule has 1 amide bonds. The standard InChI is InChI=1S/C36H40N4O3S.C4H8O/c1-3-43-34-7-5-4-6-32(34)27-10-13-33-29(22-27)23-28(14-18-40(33)25-35-37-17-21-44-35)36(41)38-30-11-8-26(9-12-30)24-39(2)31-15-19-42-20-16-31;1-2-4-5-3-1/h4-13,17,21-23,31H,3,14-16,18-20,24-25H2,1-2H3,(H,38,41);1-4H2. The minimum atomic E-state index is -0.0701. The summed E-state index contributed by atoms with van der Waals surface area (Å²) in [4.78, 5) is 22.9. The second-order valence-electron chi connectivity index (χ2n) is 12.7. The molecule has 0 bridgehead atoms. The van der Waals surface area contributed by atoms with Gasteiger partial charge in [0, 0.05) is 79.6 Å². The van der Waals surface area contributed by atoms with Gasteiger partial charge < -0.3 is 24.4 Å². The number of para-hydroxylation sites is 1. The molecule has 3 aromatic carbocycles. The highest BCUT2D eigenvalue weighted by Gasteiger charge is 2.22. The number of ether oxygens (including phenoxy) is 3. The molecule has 1 aromatic heterocycles. The fraction of sp³-hybridized carbons (Fsp3) is 0.400. The monoisotopic (exact) mass is 680 g/mol. The van der Waals surface area contributed by atoms with Crippen LogP contribution in [0.4, 0.5) is 11.4 Å². The SMILES string of the molecule is C1CCOC1.CCOc1ccccc1-c1ccc2c(c1)C=C(C(=O)Nc1ccc(CN(C)C3CCOCC3)cc1)CCN2Cc1nccs1. The first-order valence-corrected chi connectivity index (χ1v) is 18.4. The Morgan fingerprint density at radius 1 is 1.02 bits per heavy atom. The van der Waals surface area contributed by atoms with Gasteiger partial charge in [-0.1, -0.05) is 36.4 Å². The molecule has 0 atom stereocenters. The second kappa shape index (κ2) is 17.6. The van der Waals surface area contributed by atoms with Gasteiger partial charge in [0.05, 0.1) is 13.2 Å². The number of nitrogens with zero attached hydrogens (tertiary/aromatic N) is 3. The van der Waals surface area contributed by atoms with Crippen LogP contribution in [-0.4, -0.2) is 68.5 Å². The summed E-state index contributed by atoms with van der Waals surface area (Å²) < 4.78 is 16.4. The number of nitrogens with one attached hydrogen (secondary N) is 1. The molecule has 2 fully saturated rings. The minimum absolute atomic E-state index is 0.0701. The van der Waals surface area contributed by atoms with Crippen LogP contribution in [-0.2, 0) is 27.4 Å². The van der Waals surface area contributed by atoms with Crippen LogP contribution in [0.3, 0.4) is 0 Å². The van der Waals surface area contributed by atoms with Crippen molar-refractivity contribution in [3.63, 3.8) is 0 Å². The van der Waals surface area contributed by atoms with Gasteiger partial charge in [-0.2, -0.15) is 0 Å². The molecule has 9 heteroatoms. The van der Waals surface area contributed by atoms with E-state index in [1.165, 1.54) is 18.4 Å². The molecule has 7 rings (SSSR count). The summed E-state index contributed by atoms with van der Waals surface area (Å²) in [5.41, 5.74) is 7.00. The van der Waals surface area contributed by atoms with E-state index in [9.17, 15) is 4.79 Å². The third kappa shape index (κ3) is 9.57. The number of anilines is 2.